The second kappa shape index (κ2) is 5.24. The van der Waals surface area contributed by atoms with Crippen LogP contribution >= 0.6 is 0 Å². The van der Waals surface area contributed by atoms with Gasteiger partial charge in [-0.1, -0.05) is 6.92 Å². The summed E-state index contributed by atoms with van der Waals surface area (Å²) in [4.78, 5) is 0. The van der Waals surface area contributed by atoms with Gasteiger partial charge in [0.1, 0.15) is 17.7 Å². The van der Waals surface area contributed by atoms with Crippen molar-refractivity contribution < 1.29 is 14.2 Å². The van der Waals surface area contributed by atoms with E-state index in [0.29, 0.717) is 19.4 Å². The van der Waals surface area contributed by atoms with Crippen LogP contribution in [0.4, 0.5) is 4.39 Å². The second-order valence-corrected chi connectivity index (χ2v) is 5.12. The maximum atomic E-state index is 13.1. The van der Waals surface area contributed by atoms with Crippen LogP contribution in [0.5, 0.6) is 5.75 Å². The number of rotatable bonds is 5. The SMILES string of the molecule is CCC(CN)(CO)CC1Cc2cc(F)ccc2O1. The van der Waals surface area contributed by atoms with Gasteiger partial charge in [0.25, 0.3) is 0 Å². The Morgan fingerprint density at radius 2 is 2.33 bits per heavy atom. The van der Waals surface area contributed by atoms with E-state index in [1.54, 1.807) is 6.07 Å². The van der Waals surface area contributed by atoms with Crippen LogP contribution in [-0.2, 0) is 6.42 Å². The summed E-state index contributed by atoms with van der Waals surface area (Å²) in [7, 11) is 0. The van der Waals surface area contributed by atoms with E-state index in [-0.39, 0.29) is 23.9 Å². The molecule has 1 aromatic rings. The number of fused-ring (bicyclic) bond motifs is 1. The van der Waals surface area contributed by atoms with Gasteiger partial charge in [-0.25, -0.2) is 4.39 Å². The molecule has 0 spiro atoms. The number of halogens is 1. The van der Waals surface area contributed by atoms with Crippen molar-refractivity contribution in [2.24, 2.45) is 11.1 Å². The molecule has 1 aromatic carbocycles. The maximum absolute atomic E-state index is 13.1. The first-order valence-corrected chi connectivity index (χ1v) is 6.38. The Hall–Kier alpha value is -1.13. The van der Waals surface area contributed by atoms with Gasteiger partial charge in [-0.15, -0.1) is 0 Å². The predicted molar refractivity (Wildman–Crippen MR) is 68.0 cm³/mol. The first-order chi connectivity index (χ1) is 8.62. The van der Waals surface area contributed by atoms with Gasteiger partial charge in [-0.2, -0.15) is 0 Å². The number of hydrogen-bond acceptors (Lipinski definition) is 3. The lowest BCUT2D eigenvalue weighted by Crippen LogP contribution is -2.38. The van der Waals surface area contributed by atoms with Crippen LogP contribution in [-0.4, -0.2) is 24.4 Å². The molecule has 2 rings (SSSR count). The second-order valence-electron chi connectivity index (χ2n) is 5.12. The normalized spacial score (nSPS) is 21.2. The van der Waals surface area contributed by atoms with Crippen LogP contribution in [0.2, 0.25) is 0 Å². The van der Waals surface area contributed by atoms with Crippen LogP contribution in [0.25, 0.3) is 0 Å². The van der Waals surface area contributed by atoms with Crippen LogP contribution < -0.4 is 10.5 Å². The smallest absolute Gasteiger partial charge is 0.123 e. The maximum Gasteiger partial charge on any atom is 0.123 e. The largest absolute Gasteiger partial charge is 0.490 e. The first-order valence-electron chi connectivity index (χ1n) is 6.38. The van der Waals surface area contributed by atoms with Gasteiger partial charge in [-0.3, -0.25) is 0 Å². The highest BCUT2D eigenvalue weighted by Crippen LogP contribution is 2.35. The molecule has 0 radical (unpaired) electrons. The molecule has 4 heteroatoms. The summed E-state index contributed by atoms with van der Waals surface area (Å²) in [6.07, 6.45) is 2.18. The lowest BCUT2D eigenvalue weighted by molar-refractivity contribution is 0.0713. The van der Waals surface area contributed by atoms with E-state index in [4.69, 9.17) is 10.5 Å². The van der Waals surface area contributed by atoms with Gasteiger partial charge < -0.3 is 15.6 Å². The summed E-state index contributed by atoms with van der Waals surface area (Å²) in [5.74, 6) is 0.516. The van der Waals surface area contributed by atoms with Crippen molar-refractivity contribution in [2.75, 3.05) is 13.2 Å². The summed E-state index contributed by atoms with van der Waals surface area (Å²) in [5, 5.41) is 9.50. The number of ether oxygens (including phenoxy) is 1. The standard InChI is InChI=1S/C14H20FNO2/c1-2-14(8-16,9-17)7-12-6-10-5-11(15)3-4-13(10)18-12/h3-5,12,17H,2,6-9,16H2,1H3. The number of nitrogens with two attached hydrogens (primary N) is 1. The quantitative estimate of drug-likeness (QED) is 0.842. The van der Waals surface area contributed by atoms with Crippen LogP contribution in [0.1, 0.15) is 25.3 Å². The lowest BCUT2D eigenvalue weighted by Gasteiger charge is -2.31. The molecule has 100 valence electrons. The Morgan fingerprint density at radius 3 is 2.94 bits per heavy atom. The van der Waals surface area contributed by atoms with Gasteiger partial charge in [-0.05, 0) is 31.0 Å². The molecule has 0 bridgehead atoms. The average Bonchev–Trinajstić information content (AvgIpc) is 2.77. The summed E-state index contributed by atoms with van der Waals surface area (Å²) >= 11 is 0. The molecule has 0 saturated carbocycles. The van der Waals surface area contributed by atoms with Gasteiger partial charge >= 0.3 is 0 Å². The van der Waals surface area contributed by atoms with Crippen molar-refractivity contribution in [1.82, 2.24) is 0 Å². The van der Waals surface area contributed by atoms with Gasteiger partial charge in [0.2, 0.25) is 0 Å². The van der Waals surface area contributed by atoms with Crippen molar-refractivity contribution in [3.8, 4) is 5.75 Å². The van der Waals surface area contributed by atoms with Gasteiger partial charge in [0, 0.05) is 23.9 Å². The molecule has 2 atom stereocenters. The van der Waals surface area contributed by atoms with Gasteiger partial charge in [0.15, 0.2) is 0 Å². The topological polar surface area (TPSA) is 55.5 Å². The minimum absolute atomic E-state index is 0.0163. The van der Waals surface area contributed by atoms with E-state index in [0.717, 1.165) is 17.7 Å². The van der Waals surface area contributed by atoms with Crippen molar-refractivity contribution in [3.05, 3.63) is 29.6 Å². The zero-order valence-corrected chi connectivity index (χ0v) is 10.7. The van der Waals surface area contributed by atoms with E-state index in [9.17, 15) is 9.50 Å². The molecule has 0 aliphatic carbocycles. The van der Waals surface area contributed by atoms with E-state index in [2.05, 4.69) is 0 Å². The fourth-order valence-electron chi connectivity index (χ4n) is 2.50. The number of aliphatic hydroxyl groups is 1. The highest BCUT2D eigenvalue weighted by molar-refractivity contribution is 5.37. The minimum Gasteiger partial charge on any atom is -0.490 e. The Morgan fingerprint density at radius 1 is 1.56 bits per heavy atom. The Labute approximate surface area is 107 Å². The van der Waals surface area contributed by atoms with E-state index in [1.165, 1.54) is 12.1 Å². The zero-order valence-electron chi connectivity index (χ0n) is 10.7. The van der Waals surface area contributed by atoms with Crippen molar-refractivity contribution >= 4 is 0 Å². The number of hydrogen-bond donors (Lipinski definition) is 2. The van der Waals surface area contributed by atoms with Crippen LogP contribution in [0, 0.1) is 11.2 Å². The van der Waals surface area contributed by atoms with Crippen LogP contribution in [0.15, 0.2) is 18.2 Å². The minimum atomic E-state index is -0.286. The Balaban J connectivity index is 2.07. The molecule has 0 saturated heterocycles. The van der Waals surface area contributed by atoms with Crippen molar-refractivity contribution in [2.45, 2.75) is 32.3 Å². The van der Waals surface area contributed by atoms with E-state index < -0.39 is 0 Å². The predicted octanol–water partition coefficient (Wildman–Crippen LogP) is 1.87. The third kappa shape index (κ3) is 2.49. The summed E-state index contributed by atoms with van der Waals surface area (Å²) < 4.78 is 18.9. The highest BCUT2D eigenvalue weighted by atomic mass is 19.1. The van der Waals surface area contributed by atoms with E-state index >= 15 is 0 Å². The number of aliphatic hydroxyl groups excluding tert-OH is 1. The summed E-state index contributed by atoms with van der Waals surface area (Å²) in [5.41, 5.74) is 6.38. The molecule has 0 fully saturated rings. The molecule has 0 aromatic heterocycles. The molecular weight excluding hydrogens is 233 g/mol. The van der Waals surface area contributed by atoms with Crippen molar-refractivity contribution in [1.29, 1.82) is 0 Å². The number of benzene rings is 1. The average molecular weight is 253 g/mol. The molecule has 2 unspecified atom stereocenters. The van der Waals surface area contributed by atoms with Gasteiger partial charge in [0.05, 0.1) is 6.61 Å². The molecule has 18 heavy (non-hydrogen) atoms. The fourth-order valence-corrected chi connectivity index (χ4v) is 2.50. The Kier molecular flexibility index (Phi) is 3.88. The van der Waals surface area contributed by atoms with Crippen LogP contribution in [0.3, 0.4) is 0 Å². The fraction of sp³-hybridized carbons (Fsp3) is 0.571. The third-order valence-corrected chi connectivity index (χ3v) is 3.94. The summed E-state index contributed by atoms with van der Waals surface area (Å²) in [6.45, 7) is 2.51. The van der Waals surface area contributed by atoms with Crippen molar-refractivity contribution in [3.63, 3.8) is 0 Å². The summed E-state index contributed by atoms with van der Waals surface area (Å²) in [6, 6.07) is 4.59. The monoisotopic (exact) mass is 253 g/mol. The molecule has 3 nitrogen and oxygen atoms in total. The zero-order chi connectivity index (χ0) is 13.2. The third-order valence-electron chi connectivity index (χ3n) is 3.94. The first kappa shape index (κ1) is 13.3. The van der Waals surface area contributed by atoms with E-state index in [1.807, 2.05) is 6.92 Å². The molecule has 3 N–H and O–H groups in total. The molecule has 1 heterocycles. The molecule has 0 amide bonds. The Bertz CT molecular complexity index is 410. The lowest BCUT2D eigenvalue weighted by atomic mass is 9.80. The molecule has 1 aliphatic heterocycles. The molecular formula is C14H20FNO2. The molecule has 1 aliphatic rings. The highest BCUT2D eigenvalue weighted by Gasteiger charge is 2.33.